The Morgan fingerprint density at radius 3 is 2.83 bits per heavy atom. The summed E-state index contributed by atoms with van der Waals surface area (Å²) in [6.45, 7) is 7.81. The number of nitrogens with one attached hydrogen (secondary N) is 1. The third kappa shape index (κ3) is 2.83. The molecule has 2 heterocycles. The van der Waals surface area contributed by atoms with Crippen molar-refractivity contribution in [1.29, 1.82) is 0 Å². The fourth-order valence-corrected chi connectivity index (χ4v) is 2.56. The minimum atomic E-state index is -0.300. The first-order valence-corrected chi connectivity index (χ1v) is 7.42. The van der Waals surface area contributed by atoms with Gasteiger partial charge in [0.1, 0.15) is 0 Å². The van der Waals surface area contributed by atoms with E-state index < -0.39 is 0 Å². The molecular formula is C17H17N5O2. The number of allylic oxidation sites excluding steroid dienone is 1. The number of rotatable bonds is 4. The summed E-state index contributed by atoms with van der Waals surface area (Å²) >= 11 is 0. The Labute approximate surface area is 138 Å². The van der Waals surface area contributed by atoms with Crippen molar-refractivity contribution in [1.82, 2.24) is 14.5 Å². The van der Waals surface area contributed by atoms with Gasteiger partial charge in [-0.1, -0.05) is 17.7 Å². The van der Waals surface area contributed by atoms with Gasteiger partial charge in [0.05, 0.1) is 5.52 Å². The Morgan fingerprint density at radius 2 is 2.12 bits per heavy atom. The van der Waals surface area contributed by atoms with Gasteiger partial charge in [0.15, 0.2) is 5.69 Å². The van der Waals surface area contributed by atoms with E-state index >= 15 is 0 Å². The van der Waals surface area contributed by atoms with Gasteiger partial charge >= 0.3 is 0 Å². The molecule has 2 aromatic heterocycles. The Kier molecular flexibility index (Phi) is 3.99. The molecule has 0 atom stereocenters. The zero-order valence-electron chi connectivity index (χ0n) is 13.4. The lowest BCUT2D eigenvalue weighted by molar-refractivity contribution is 0.431. The molecule has 0 saturated carbocycles. The van der Waals surface area contributed by atoms with Gasteiger partial charge in [0.25, 0.3) is 5.56 Å². The van der Waals surface area contributed by atoms with Crippen molar-refractivity contribution in [3.05, 3.63) is 58.5 Å². The van der Waals surface area contributed by atoms with Crippen molar-refractivity contribution in [3.63, 3.8) is 0 Å². The summed E-state index contributed by atoms with van der Waals surface area (Å²) < 4.78 is 1.70. The molecule has 3 aromatic rings. The molecular weight excluding hydrogens is 306 g/mol. The SMILES string of the molecule is C=CCn1c(O)c(N=Nc2nc(C)cc(=O)[nH]2)c2cc(C)ccc21. The largest absolute Gasteiger partial charge is 0.493 e. The molecule has 3 rings (SSSR count). The van der Waals surface area contributed by atoms with Crippen LogP contribution in [0.15, 0.2) is 51.9 Å². The molecule has 0 radical (unpaired) electrons. The highest BCUT2D eigenvalue weighted by atomic mass is 16.3. The van der Waals surface area contributed by atoms with Gasteiger partial charge in [-0.3, -0.25) is 9.78 Å². The predicted octanol–water partition coefficient (Wildman–Crippen LogP) is 3.65. The standard InChI is InChI=1S/C17H17N5O2/c1-4-7-22-13-6-5-10(2)8-12(13)15(16(22)24)20-21-17-18-11(3)9-14(23)19-17/h4-6,8-9,24H,1,7H2,2-3H3,(H,18,19,23). The number of aromatic nitrogens is 3. The molecule has 24 heavy (non-hydrogen) atoms. The maximum atomic E-state index is 11.5. The number of hydrogen-bond acceptors (Lipinski definition) is 5. The average Bonchev–Trinajstić information content (AvgIpc) is 2.76. The monoisotopic (exact) mass is 323 g/mol. The van der Waals surface area contributed by atoms with Gasteiger partial charge in [-0.2, -0.15) is 0 Å². The van der Waals surface area contributed by atoms with Gasteiger partial charge < -0.3 is 9.67 Å². The zero-order chi connectivity index (χ0) is 17.3. The van der Waals surface area contributed by atoms with E-state index in [-0.39, 0.29) is 17.4 Å². The fourth-order valence-electron chi connectivity index (χ4n) is 2.56. The fraction of sp³-hybridized carbons (Fsp3) is 0.176. The number of azo groups is 1. The van der Waals surface area contributed by atoms with E-state index in [4.69, 9.17) is 0 Å². The Balaban J connectivity index is 2.16. The number of fused-ring (bicyclic) bond motifs is 1. The van der Waals surface area contributed by atoms with E-state index in [1.807, 2.05) is 25.1 Å². The summed E-state index contributed by atoms with van der Waals surface area (Å²) in [6.07, 6.45) is 1.69. The molecule has 0 saturated heterocycles. The molecule has 2 N–H and O–H groups in total. The quantitative estimate of drug-likeness (QED) is 0.566. The maximum Gasteiger partial charge on any atom is 0.252 e. The van der Waals surface area contributed by atoms with Crippen LogP contribution in [0.25, 0.3) is 10.9 Å². The van der Waals surface area contributed by atoms with Crippen LogP contribution in [-0.4, -0.2) is 19.6 Å². The molecule has 1 aromatic carbocycles. The topological polar surface area (TPSA) is 95.6 Å². The zero-order valence-corrected chi connectivity index (χ0v) is 13.4. The van der Waals surface area contributed by atoms with E-state index in [1.165, 1.54) is 6.07 Å². The number of hydrogen-bond donors (Lipinski definition) is 2. The lowest BCUT2D eigenvalue weighted by Gasteiger charge is -2.02. The maximum absolute atomic E-state index is 11.5. The highest BCUT2D eigenvalue weighted by molar-refractivity contribution is 5.95. The van der Waals surface area contributed by atoms with Gasteiger partial charge in [-0.05, 0) is 26.0 Å². The summed E-state index contributed by atoms with van der Waals surface area (Å²) in [5.41, 5.74) is 2.45. The predicted molar refractivity (Wildman–Crippen MR) is 92.3 cm³/mol. The molecule has 0 fully saturated rings. The van der Waals surface area contributed by atoms with Crippen molar-refractivity contribution >= 4 is 22.5 Å². The van der Waals surface area contributed by atoms with Crippen LogP contribution in [0.4, 0.5) is 11.6 Å². The van der Waals surface area contributed by atoms with Crippen LogP contribution in [0.1, 0.15) is 11.3 Å². The summed E-state index contributed by atoms with van der Waals surface area (Å²) in [7, 11) is 0. The number of aromatic amines is 1. The van der Waals surface area contributed by atoms with Crippen LogP contribution in [-0.2, 0) is 6.54 Å². The molecule has 0 aliphatic rings. The number of aromatic hydroxyl groups is 1. The lowest BCUT2D eigenvalue weighted by Crippen LogP contribution is -2.05. The smallest absolute Gasteiger partial charge is 0.252 e. The summed E-state index contributed by atoms with van der Waals surface area (Å²) in [5, 5.41) is 19.4. The van der Waals surface area contributed by atoms with Gasteiger partial charge in [0, 0.05) is 23.7 Å². The van der Waals surface area contributed by atoms with Gasteiger partial charge in [0.2, 0.25) is 11.8 Å². The molecule has 0 unspecified atom stereocenters. The first-order chi connectivity index (χ1) is 11.5. The molecule has 0 aliphatic carbocycles. The van der Waals surface area contributed by atoms with Crippen LogP contribution in [0.5, 0.6) is 5.88 Å². The van der Waals surface area contributed by atoms with Crippen LogP contribution in [0, 0.1) is 13.8 Å². The third-order valence-corrected chi connectivity index (χ3v) is 3.58. The van der Waals surface area contributed by atoms with Crippen molar-refractivity contribution < 1.29 is 5.11 Å². The second kappa shape index (κ2) is 6.11. The minimum absolute atomic E-state index is 0.00532. The summed E-state index contributed by atoms with van der Waals surface area (Å²) in [4.78, 5) is 18.1. The number of aryl methyl sites for hydroxylation is 2. The lowest BCUT2D eigenvalue weighted by atomic mass is 10.1. The van der Waals surface area contributed by atoms with Gasteiger partial charge in [-0.15, -0.1) is 16.8 Å². The number of H-pyrrole nitrogens is 1. The second-order valence-electron chi connectivity index (χ2n) is 5.50. The van der Waals surface area contributed by atoms with Crippen LogP contribution < -0.4 is 5.56 Å². The first-order valence-electron chi connectivity index (χ1n) is 7.42. The van der Waals surface area contributed by atoms with E-state index in [0.29, 0.717) is 17.9 Å². The summed E-state index contributed by atoms with van der Waals surface area (Å²) in [5.74, 6) is 0.0888. The van der Waals surface area contributed by atoms with Crippen molar-refractivity contribution in [2.75, 3.05) is 0 Å². The average molecular weight is 323 g/mol. The normalized spacial score (nSPS) is 11.4. The van der Waals surface area contributed by atoms with Crippen molar-refractivity contribution in [2.24, 2.45) is 10.2 Å². The minimum Gasteiger partial charge on any atom is -0.493 e. The Bertz CT molecular complexity index is 1010. The second-order valence-corrected chi connectivity index (χ2v) is 5.50. The summed E-state index contributed by atoms with van der Waals surface area (Å²) in [6, 6.07) is 7.17. The Hall–Kier alpha value is -3.22. The molecule has 0 aliphatic heterocycles. The van der Waals surface area contributed by atoms with E-state index in [9.17, 15) is 9.90 Å². The number of nitrogens with zero attached hydrogens (tertiary/aromatic N) is 4. The highest BCUT2D eigenvalue weighted by Gasteiger charge is 2.16. The van der Waals surface area contributed by atoms with E-state index in [1.54, 1.807) is 17.6 Å². The van der Waals surface area contributed by atoms with Crippen LogP contribution >= 0.6 is 0 Å². The highest BCUT2D eigenvalue weighted by Crippen LogP contribution is 2.39. The Morgan fingerprint density at radius 1 is 1.33 bits per heavy atom. The van der Waals surface area contributed by atoms with Crippen molar-refractivity contribution in [2.45, 2.75) is 20.4 Å². The molecule has 0 spiro atoms. The molecule has 7 nitrogen and oxygen atoms in total. The van der Waals surface area contributed by atoms with Crippen LogP contribution in [0.2, 0.25) is 0 Å². The third-order valence-electron chi connectivity index (χ3n) is 3.58. The first kappa shape index (κ1) is 15.7. The molecule has 122 valence electrons. The van der Waals surface area contributed by atoms with E-state index in [2.05, 4.69) is 26.8 Å². The molecule has 0 amide bonds. The van der Waals surface area contributed by atoms with Crippen LogP contribution in [0.3, 0.4) is 0 Å². The number of benzene rings is 1. The van der Waals surface area contributed by atoms with Gasteiger partial charge in [-0.25, -0.2) is 4.98 Å². The van der Waals surface area contributed by atoms with E-state index in [0.717, 1.165) is 16.5 Å². The molecule has 0 bridgehead atoms. The van der Waals surface area contributed by atoms with Crippen molar-refractivity contribution in [3.8, 4) is 5.88 Å². The molecule has 7 heteroatoms.